The van der Waals surface area contributed by atoms with Gasteiger partial charge in [-0.25, -0.2) is 17.2 Å². The first kappa shape index (κ1) is 20.7. The van der Waals surface area contributed by atoms with Crippen LogP contribution in [0.15, 0.2) is 47.4 Å². The van der Waals surface area contributed by atoms with Crippen LogP contribution in [-0.2, 0) is 22.6 Å². The Balaban J connectivity index is 2.12. The molecule has 0 aliphatic heterocycles. The Morgan fingerprint density at radius 2 is 1.86 bits per heavy atom. The van der Waals surface area contributed by atoms with Gasteiger partial charge in [0.05, 0.1) is 17.1 Å². The van der Waals surface area contributed by atoms with Crippen molar-refractivity contribution in [3.63, 3.8) is 0 Å². The predicted octanol–water partition coefficient (Wildman–Crippen LogP) is 3.37. The van der Waals surface area contributed by atoms with Crippen LogP contribution in [-0.4, -0.2) is 24.2 Å². The third kappa shape index (κ3) is 5.05. The maximum Gasteiger partial charge on any atom is 0.253 e. The van der Waals surface area contributed by atoms with Gasteiger partial charge < -0.3 is 9.30 Å². The van der Waals surface area contributed by atoms with Crippen molar-refractivity contribution in [1.82, 2.24) is 9.55 Å². The lowest BCUT2D eigenvalue weighted by atomic mass is 10.1. The number of rotatable bonds is 5. The Labute approximate surface area is 166 Å². The van der Waals surface area contributed by atoms with Crippen molar-refractivity contribution in [1.29, 1.82) is 0 Å². The van der Waals surface area contributed by atoms with Gasteiger partial charge in [-0.2, -0.15) is 0 Å². The summed E-state index contributed by atoms with van der Waals surface area (Å²) in [6, 6.07) is 7.37. The molecular weight excluding hydrogens is 402 g/mol. The van der Waals surface area contributed by atoms with E-state index < -0.39 is 21.5 Å². The molecular formula is C20H18F2N2O4S. The van der Waals surface area contributed by atoms with E-state index in [0.29, 0.717) is 22.9 Å². The van der Waals surface area contributed by atoms with E-state index in [4.69, 9.17) is 4.74 Å². The first-order valence-corrected chi connectivity index (χ1v) is 10.6. The SMILES string of the molecule is Cc1cc(-c2cc(Oc3ccc(F)cc3F)cc(CS(C)(=O)=O)n2)cn(C)c1=O. The molecule has 0 saturated heterocycles. The highest BCUT2D eigenvalue weighted by Crippen LogP contribution is 2.29. The molecule has 0 bridgehead atoms. The minimum atomic E-state index is -3.40. The van der Waals surface area contributed by atoms with Crippen LogP contribution >= 0.6 is 0 Å². The fourth-order valence-electron chi connectivity index (χ4n) is 2.81. The lowest BCUT2D eigenvalue weighted by Gasteiger charge is -2.12. The molecule has 0 fully saturated rings. The summed E-state index contributed by atoms with van der Waals surface area (Å²) in [7, 11) is -1.81. The van der Waals surface area contributed by atoms with Gasteiger partial charge in [-0.05, 0) is 25.1 Å². The zero-order valence-corrected chi connectivity index (χ0v) is 16.8. The Morgan fingerprint density at radius 1 is 1.14 bits per heavy atom. The topological polar surface area (TPSA) is 78.3 Å². The number of pyridine rings is 2. The molecule has 29 heavy (non-hydrogen) atoms. The molecule has 0 aliphatic carbocycles. The molecule has 9 heteroatoms. The van der Waals surface area contributed by atoms with E-state index in [1.54, 1.807) is 26.2 Å². The molecule has 0 atom stereocenters. The van der Waals surface area contributed by atoms with Gasteiger partial charge in [-0.1, -0.05) is 0 Å². The molecule has 0 spiro atoms. The number of sulfone groups is 1. The zero-order chi connectivity index (χ0) is 21.3. The molecule has 0 amide bonds. The quantitative estimate of drug-likeness (QED) is 0.632. The molecule has 0 saturated carbocycles. The second kappa shape index (κ2) is 7.75. The molecule has 6 nitrogen and oxygen atoms in total. The van der Waals surface area contributed by atoms with Crippen molar-refractivity contribution < 1.29 is 21.9 Å². The molecule has 0 N–H and O–H groups in total. The molecule has 152 valence electrons. The normalized spacial score (nSPS) is 11.5. The van der Waals surface area contributed by atoms with Crippen LogP contribution < -0.4 is 10.3 Å². The van der Waals surface area contributed by atoms with Gasteiger partial charge in [0, 0.05) is 48.8 Å². The van der Waals surface area contributed by atoms with Crippen LogP contribution in [0.3, 0.4) is 0 Å². The third-order valence-corrected chi connectivity index (χ3v) is 4.86. The maximum absolute atomic E-state index is 14.0. The van der Waals surface area contributed by atoms with Crippen molar-refractivity contribution in [3.8, 4) is 22.8 Å². The molecule has 3 aromatic rings. The van der Waals surface area contributed by atoms with Gasteiger partial charge in [-0.15, -0.1) is 0 Å². The number of hydrogen-bond donors (Lipinski definition) is 0. The van der Waals surface area contributed by atoms with Crippen LogP contribution in [0.5, 0.6) is 11.5 Å². The highest BCUT2D eigenvalue weighted by molar-refractivity contribution is 7.89. The predicted molar refractivity (Wildman–Crippen MR) is 105 cm³/mol. The highest BCUT2D eigenvalue weighted by Gasteiger charge is 2.14. The Hall–Kier alpha value is -3.07. The van der Waals surface area contributed by atoms with Gasteiger partial charge in [-0.3, -0.25) is 9.78 Å². The van der Waals surface area contributed by atoms with Crippen molar-refractivity contribution in [2.24, 2.45) is 7.05 Å². The summed E-state index contributed by atoms with van der Waals surface area (Å²) < 4.78 is 57.5. The van der Waals surface area contributed by atoms with Crippen LogP contribution in [0, 0.1) is 18.6 Å². The summed E-state index contributed by atoms with van der Waals surface area (Å²) >= 11 is 0. The minimum Gasteiger partial charge on any atom is -0.454 e. The van der Waals surface area contributed by atoms with Gasteiger partial charge in [0.15, 0.2) is 21.4 Å². The smallest absolute Gasteiger partial charge is 0.253 e. The Morgan fingerprint density at radius 3 is 2.48 bits per heavy atom. The Bertz CT molecular complexity index is 1230. The largest absolute Gasteiger partial charge is 0.454 e. The van der Waals surface area contributed by atoms with E-state index in [0.717, 1.165) is 18.4 Å². The van der Waals surface area contributed by atoms with E-state index in [2.05, 4.69) is 4.98 Å². The number of halogens is 2. The van der Waals surface area contributed by atoms with Gasteiger partial charge in [0.1, 0.15) is 11.6 Å². The van der Waals surface area contributed by atoms with E-state index in [-0.39, 0.29) is 28.5 Å². The van der Waals surface area contributed by atoms with E-state index in [1.165, 1.54) is 16.7 Å². The number of hydrogen-bond acceptors (Lipinski definition) is 5. The number of benzene rings is 1. The van der Waals surface area contributed by atoms with E-state index >= 15 is 0 Å². The number of aryl methyl sites for hydroxylation is 2. The summed E-state index contributed by atoms with van der Waals surface area (Å²) in [6.07, 6.45) is 2.63. The van der Waals surface area contributed by atoms with Gasteiger partial charge in [0.25, 0.3) is 5.56 Å². The van der Waals surface area contributed by atoms with Gasteiger partial charge in [0.2, 0.25) is 0 Å². The Kier molecular flexibility index (Phi) is 5.52. The summed E-state index contributed by atoms with van der Waals surface area (Å²) in [6.45, 7) is 1.65. The molecule has 2 heterocycles. The van der Waals surface area contributed by atoms with Crippen LogP contribution in [0.4, 0.5) is 8.78 Å². The molecule has 1 aromatic carbocycles. The standard InChI is InChI=1S/C20H18F2N2O4S/c1-12-6-13(10-24(2)20(12)25)18-9-16(8-15(23-18)11-29(3,26)27)28-19-5-4-14(21)7-17(19)22/h4-10H,11H2,1-3H3. The lowest BCUT2D eigenvalue weighted by molar-refractivity contribution is 0.437. The second-order valence-corrected chi connectivity index (χ2v) is 8.89. The van der Waals surface area contributed by atoms with E-state index in [1.807, 2.05) is 0 Å². The third-order valence-electron chi connectivity index (χ3n) is 4.04. The fraction of sp³-hybridized carbons (Fsp3) is 0.200. The van der Waals surface area contributed by atoms with Crippen molar-refractivity contribution >= 4 is 9.84 Å². The fourth-order valence-corrected chi connectivity index (χ4v) is 3.50. The first-order chi connectivity index (χ1) is 13.5. The van der Waals surface area contributed by atoms with Gasteiger partial charge >= 0.3 is 0 Å². The average Bonchev–Trinajstić information content (AvgIpc) is 2.60. The number of nitrogens with zero attached hydrogens (tertiary/aromatic N) is 2. The number of aromatic nitrogens is 2. The minimum absolute atomic E-state index is 0.130. The van der Waals surface area contributed by atoms with E-state index in [9.17, 15) is 22.0 Å². The summed E-state index contributed by atoms with van der Waals surface area (Å²) in [4.78, 5) is 16.3. The summed E-state index contributed by atoms with van der Waals surface area (Å²) in [5.74, 6) is -2.08. The van der Waals surface area contributed by atoms with Crippen molar-refractivity contribution in [3.05, 3.63) is 75.8 Å². The first-order valence-electron chi connectivity index (χ1n) is 8.51. The number of ether oxygens (including phenoxy) is 1. The molecule has 0 radical (unpaired) electrons. The maximum atomic E-state index is 14.0. The molecule has 0 unspecified atom stereocenters. The highest BCUT2D eigenvalue weighted by atomic mass is 32.2. The molecule has 2 aromatic heterocycles. The monoisotopic (exact) mass is 420 g/mol. The zero-order valence-electron chi connectivity index (χ0n) is 15.9. The molecule has 0 aliphatic rings. The van der Waals surface area contributed by atoms with Crippen LogP contribution in [0.25, 0.3) is 11.3 Å². The van der Waals surface area contributed by atoms with Crippen molar-refractivity contribution in [2.45, 2.75) is 12.7 Å². The lowest BCUT2D eigenvalue weighted by Crippen LogP contribution is -2.18. The second-order valence-electron chi connectivity index (χ2n) is 6.75. The van der Waals surface area contributed by atoms with Crippen LogP contribution in [0.1, 0.15) is 11.3 Å². The molecule has 3 rings (SSSR count). The summed E-state index contributed by atoms with van der Waals surface area (Å²) in [5, 5.41) is 0. The van der Waals surface area contributed by atoms with Crippen LogP contribution in [0.2, 0.25) is 0 Å². The summed E-state index contributed by atoms with van der Waals surface area (Å²) in [5.41, 5.74) is 1.40. The average molecular weight is 420 g/mol. The van der Waals surface area contributed by atoms with Crippen molar-refractivity contribution in [2.75, 3.05) is 6.26 Å².